The zero-order valence-electron chi connectivity index (χ0n) is 8.51. The maximum absolute atomic E-state index is 9.10. The number of pyridine rings is 1. The van der Waals surface area contributed by atoms with E-state index in [4.69, 9.17) is 10.2 Å². The number of anilines is 1. The van der Waals surface area contributed by atoms with E-state index in [1.807, 2.05) is 18.9 Å². The molecule has 0 amide bonds. The van der Waals surface area contributed by atoms with Crippen molar-refractivity contribution >= 4 is 5.69 Å². The molecule has 78 valence electrons. The topological polar surface area (TPSA) is 56.6 Å². The third-order valence-corrected chi connectivity index (χ3v) is 2.36. The van der Waals surface area contributed by atoms with Crippen molar-refractivity contribution in [2.24, 2.45) is 0 Å². The Labute approximate surface area is 83.8 Å². The Morgan fingerprint density at radius 1 is 1.50 bits per heavy atom. The van der Waals surface area contributed by atoms with Gasteiger partial charge in [0.2, 0.25) is 0 Å². The lowest BCUT2D eigenvalue weighted by Crippen LogP contribution is -2.32. The zero-order valence-corrected chi connectivity index (χ0v) is 8.51. The molecule has 1 unspecified atom stereocenters. The average Bonchev–Trinajstić information content (AvgIpc) is 2.26. The molecule has 1 atom stereocenters. The summed E-state index contributed by atoms with van der Waals surface area (Å²) in [7, 11) is 1.87. The molecule has 0 aliphatic carbocycles. The van der Waals surface area contributed by atoms with Gasteiger partial charge in [-0.25, -0.2) is 0 Å². The Hall–Kier alpha value is -1.13. The molecule has 0 radical (unpaired) electrons. The highest BCUT2D eigenvalue weighted by atomic mass is 16.3. The summed E-state index contributed by atoms with van der Waals surface area (Å²) in [5.74, 6) is 0. The summed E-state index contributed by atoms with van der Waals surface area (Å²) in [6, 6.07) is 1.79. The van der Waals surface area contributed by atoms with Gasteiger partial charge in [0.15, 0.2) is 0 Å². The Morgan fingerprint density at radius 3 is 2.79 bits per heavy atom. The van der Waals surface area contributed by atoms with Gasteiger partial charge >= 0.3 is 0 Å². The van der Waals surface area contributed by atoms with Crippen molar-refractivity contribution in [2.75, 3.05) is 18.6 Å². The van der Waals surface area contributed by atoms with Gasteiger partial charge in [0.05, 0.1) is 25.1 Å². The number of likely N-dealkylation sites (N-methyl/N-ethyl adjacent to an activating group) is 1. The number of aliphatic hydroxyl groups excluding tert-OH is 2. The molecule has 0 aliphatic heterocycles. The first kappa shape index (κ1) is 10.9. The maximum Gasteiger partial charge on any atom is 0.0703 e. The van der Waals surface area contributed by atoms with Gasteiger partial charge in [-0.05, 0) is 13.0 Å². The second-order valence-electron chi connectivity index (χ2n) is 3.31. The molecule has 1 heterocycles. The van der Waals surface area contributed by atoms with Crippen LogP contribution in [0.1, 0.15) is 12.5 Å². The number of hydrogen-bond acceptors (Lipinski definition) is 4. The Morgan fingerprint density at radius 2 is 2.21 bits per heavy atom. The summed E-state index contributed by atoms with van der Waals surface area (Å²) in [6.07, 6.45) is 3.34. The van der Waals surface area contributed by atoms with Gasteiger partial charge in [0.1, 0.15) is 0 Å². The van der Waals surface area contributed by atoms with Crippen LogP contribution in [0.5, 0.6) is 0 Å². The largest absolute Gasteiger partial charge is 0.394 e. The highest BCUT2D eigenvalue weighted by molar-refractivity contribution is 5.51. The Balaban J connectivity index is 2.93. The monoisotopic (exact) mass is 196 g/mol. The lowest BCUT2D eigenvalue weighted by atomic mass is 10.2. The minimum atomic E-state index is -0.0135. The van der Waals surface area contributed by atoms with Crippen molar-refractivity contribution in [2.45, 2.75) is 19.6 Å². The summed E-state index contributed by atoms with van der Waals surface area (Å²) >= 11 is 0. The molecule has 0 saturated heterocycles. The third kappa shape index (κ3) is 2.21. The summed E-state index contributed by atoms with van der Waals surface area (Å²) < 4.78 is 0. The number of hydrogen-bond donors (Lipinski definition) is 2. The molecule has 0 aliphatic rings. The molecule has 14 heavy (non-hydrogen) atoms. The molecule has 2 N–H and O–H groups in total. The number of rotatable bonds is 4. The molecule has 4 heteroatoms. The molecule has 0 spiro atoms. The molecule has 1 aromatic rings. The highest BCUT2D eigenvalue weighted by Crippen LogP contribution is 2.19. The highest BCUT2D eigenvalue weighted by Gasteiger charge is 2.11. The van der Waals surface area contributed by atoms with Crippen LogP contribution in [0, 0.1) is 0 Å². The first-order valence-electron chi connectivity index (χ1n) is 4.58. The van der Waals surface area contributed by atoms with E-state index in [1.54, 1.807) is 18.5 Å². The van der Waals surface area contributed by atoms with E-state index >= 15 is 0 Å². The average molecular weight is 196 g/mol. The number of nitrogens with zero attached hydrogens (tertiary/aromatic N) is 2. The van der Waals surface area contributed by atoms with Crippen molar-refractivity contribution in [3.8, 4) is 0 Å². The van der Waals surface area contributed by atoms with Gasteiger partial charge in [-0.15, -0.1) is 0 Å². The van der Waals surface area contributed by atoms with Crippen LogP contribution in [0.25, 0.3) is 0 Å². The van der Waals surface area contributed by atoms with Crippen molar-refractivity contribution < 1.29 is 10.2 Å². The summed E-state index contributed by atoms with van der Waals surface area (Å²) in [4.78, 5) is 5.90. The number of aromatic nitrogens is 1. The fourth-order valence-electron chi connectivity index (χ4n) is 1.23. The molecular formula is C10H16N2O2. The number of aliphatic hydroxyl groups is 2. The quantitative estimate of drug-likeness (QED) is 0.731. The van der Waals surface area contributed by atoms with E-state index in [9.17, 15) is 0 Å². The van der Waals surface area contributed by atoms with Crippen LogP contribution in [0.3, 0.4) is 0 Å². The second-order valence-corrected chi connectivity index (χ2v) is 3.31. The van der Waals surface area contributed by atoms with Crippen LogP contribution in [0.2, 0.25) is 0 Å². The van der Waals surface area contributed by atoms with Crippen molar-refractivity contribution in [1.29, 1.82) is 0 Å². The van der Waals surface area contributed by atoms with E-state index in [0.29, 0.717) is 0 Å². The molecule has 1 rings (SSSR count). The standard InChI is InChI=1S/C10H16N2O2/c1-8(6-13)12(2)10-5-11-4-3-9(10)7-14/h3-5,8,13-14H,6-7H2,1-2H3. The maximum atomic E-state index is 9.10. The summed E-state index contributed by atoms with van der Waals surface area (Å²) in [6.45, 7) is 1.98. The molecule has 0 fully saturated rings. The van der Waals surface area contributed by atoms with E-state index < -0.39 is 0 Å². The first-order chi connectivity index (χ1) is 6.70. The van der Waals surface area contributed by atoms with Gasteiger partial charge in [-0.3, -0.25) is 4.98 Å². The molecule has 0 bridgehead atoms. The predicted molar refractivity (Wildman–Crippen MR) is 55.1 cm³/mol. The lowest BCUT2D eigenvalue weighted by Gasteiger charge is -2.26. The van der Waals surface area contributed by atoms with E-state index in [1.165, 1.54) is 0 Å². The SMILES string of the molecule is CC(CO)N(C)c1cnccc1CO. The van der Waals surface area contributed by atoms with Crippen LogP contribution < -0.4 is 4.90 Å². The van der Waals surface area contributed by atoms with Crippen molar-refractivity contribution in [1.82, 2.24) is 4.98 Å². The normalized spacial score (nSPS) is 12.6. The molecule has 0 aromatic carbocycles. The second kappa shape index (κ2) is 4.93. The van der Waals surface area contributed by atoms with Crippen LogP contribution in [-0.2, 0) is 6.61 Å². The van der Waals surface area contributed by atoms with Crippen LogP contribution in [0.15, 0.2) is 18.5 Å². The third-order valence-electron chi connectivity index (χ3n) is 2.36. The fourth-order valence-corrected chi connectivity index (χ4v) is 1.23. The van der Waals surface area contributed by atoms with Gasteiger partial charge in [-0.2, -0.15) is 0 Å². The minimum Gasteiger partial charge on any atom is -0.394 e. The predicted octanol–water partition coefficient (Wildman–Crippen LogP) is 0.391. The van der Waals surface area contributed by atoms with Gasteiger partial charge < -0.3 is 15.1 Å². The van der Waals surface area contributed by atoms with Crippen LogP contribution in [-0.4, -0.2) is 34.9 Å². The van der Waals surface area contributed by atoms with Crippen molar-refractivity contribution in [3.05, 3.63) is 24.0 Å². The van der Waals surface area contributed by atoms with Gasteiger partial charge in [0, 0.05) is 24.8 Å². The molecule has 0 saturated carbocycles. The molecular weight excluding hydrogens is 180 g/mol. The van der Waals surface area contributed by atoms with E-state index in [2.05, 4.69) is 4.98 Å². The van der Waals surface area contributed by atoms with Gasteiger partial charge in [0.25, 0.3) is 0 Å². The summed E-state index contributed by atoms with van der Waals surface area (Å²) in [5, 5.41) is 18.1. The van der Waals surface area contributed by atoms with Gasteiger partial charge in [-0.1, -0.05) is 0 Å². The molecule has 1 aromatic heterocycles. The minimum absolute atomic E-state index is 0.0135. The Bertz CT molecular complexity index is 291. The Kier molecular flexibility index (Phi) is 3.85. The van der Waals surface area contributed by atoms with Crippen molar-refractivity contribution in [3.63, 3.8) is 0 Å². The van der Waals surface area contributed by atoms with E-state index in [-0.39, 0.29) is 19.3 Å². The molecule has 4 nitrogen and oxygen atoms in total. The van der Waals surface area contributed by atoms with E-state index in [0.717, 1.165) is 11.3 Å². The fraction of sp³-hybridized carbons (Fsp3) is 0.500. The smallest absolute Gasteiger partial charge is 0.0703 e. The lowest BCUT2D eigenvalue weighted by molar-refractivity contribution is 0.267. The summed E-state index contributed by atoms with van der Waals surface area (Å²) in [5.41, 5.74) is 1.68. The van der Waals surface area contributed by atoms with Crippen LogP contribution in [0.4, 0.5) is 5.69 Å². The van der Waals surface area contributed by atoms with Crippen LogP contribution >= 0.6 is 0 Å². The first-order valence-corrected chi connectivity index (χ1v) is 4.58. The zero-order chi connectivity index (χ0) is 10.6.